The first-order valence-corrected chi connectivity index (χ1v) is 14.1. The molecule has 0 aromatic heterocycles. The molecule has 1 aliphatic heterocycles. The van der Waals surface area contributed by atoms with E-state index in [1.807, 2.05) is 0 Å². The highest BCUT2D eigenvalue weighted by Gasteiger charge is 2.39. The number of ether oxygens (including phenoxy) is 3. The lowest BCUT2D eigenvalue weighted by Gasteiger charge is -2.18. The minimum absolute atomic E-state index is 0.0243. The molecule has 0 atom stereocenters. The fraction of sp³-hybridized carbons (Fsp3) is 0.0667. The molecule has 11 nitrogen and oxygen atoms in total. The van der Waals surface area contributed by atoms with E-state index in [1.54, 1.807) is 0 Å². The number of carbonyl (C=O) groups excluding carboxylic acids is 4. The van der Waals surface area contributed by atoms with Gasteiger partial charge in [-0.1, -0.05) is 52.5 Å². The van der Waals surface area contributed by atoms with Gasteiger partial charge in [0.1, 0.15) is 17.1 Å². The fourth-order valence-corrected chi connectivity index (χ4v) is 5.14. The second kappa shape index (κ2) is 12.7. The highest BCUT2D eigenvalue weighted by molar-refractivity contribution is 6.45. The van der Waals surface area contributed by atoms with E-state index in [4.69, 9.17) is 60.6 Å². The molecule has 45 heavy (non-hydrogen) atoms. The highest BCUT2D eigenvalue weighted by Crippen LogP contribution is 2.40. The number of imide groups is 1. The number of esters is 1. The second-order valence-corrected chi connectivity index (χ2v) is 10.9. The maximum absolute atomic E-state index is 13.1. The number of para-hydroxylation sites is 1. The third kappa shape index (κ3) is 6.16. The predicted molar refractivity (Wildman–Crippen MR) is 165 cm³/mol. The van der Waals surface area contributed by atoms with Crippen LogP contribution in [0, 0.1) is 10.1 Å². The van der Waals surface area contributed by atoms with Crippen LogP contribution in [-0.4, -0.2) is 42.2 Å². The van der Waals surface area contributed by atoms with Gasteiger partial charge < -0.3 is 14.2 Å². The molecule has 1 heterocycles. The summed E-state index contributed by atoms with van der Waals surface area (Å²) >= 11 is 24.5. The van der Waals surface area contributed by atoms with Crippen molar-refractivity contribution in [2.45, 2.75) is 0 Å². The number of Topliss-reactive ketones (excluding diaryl/α,β-unsaturated/α-hetero) is 1. The summed E-state index contributed by atoms with van der Waals surface area (Å²) in [4.78, 5) is 63.2. The monoisotopic (exact) mass is 688 g/mol. The van der Waals surface area contributed by atoms with Crippen LogP contribution in [0.5, 0.6) is 17.2 Å². The average Bonchev–Trinajstić information content (AvgIpc) is 3.25. The maximum atomic E-state index is 13.1. The van der Waals surface area contributed by atoms with E-state index in [0.717, 1.165) is 11.0 Å². The number of nitrogens with zero attached hydrogens (tertiary/aromatic N) is 2. The van der Waals surface area contributed by atoms with Gasteiger partial charge in [0.2, 0.25) is 5.75 Å². The molecule has 2 amide bonds. The number of methoxy groups -OCH3 is 1. The zero-order chi connectivity index (χ0) is 32.6. The first-order chi connectivity index (χ1) is 21.4. The molecule has 4 aromatic carbocycles. The van der Waals surface area contributed by atoms with Gasteiger partial charge in [-0.3, -0.25) is 24.5 Å². The summed E-state index contributed by atoms with van der Waals surface area (Å²) in [5.74, 6) is -3.05. The number of fused-ring (bicyclic) bond motifs is 1. The summed E-state index contributed by atoms with van der Waals surface area (Å²) in [5, 5.41) is 11.3. The molecule has 0 saturated carbocycles. The Kier molecular flexibility index (Phi) is 8.98. The van der Waals surface area contributed by atoms with Gasteiger partial charge in [0.15, 0.2) is 12.4 Å². The standard InChI is InChI=1S/C30H16Cl4N2O9/c1-43-26-12-24(35-28(38)16-9-20(32)21(33)10-17(16)29(35)39)22(34)11-18(26)30(40)44-13-25(37)14-5-7-15(8-6-14)45-27-19(31)3-2-4-23(27)36(41)42/h2-12H,13H2,1H3. The molecule has 4 aromatic rings. The van der Waals surface area contributed by atoms with Gasteiger partial charge in [-0.05, 0) is 48.5 Å². The smallest absolute Gasteiger partial charge is 0.342 e. The highest BCUT2D eigenvalue weighted by atomic mass is 35.5. The fourth-order valence-electron chi connectivity index (χ4n) is 4.36. The van der Waals surface area contributed by atoms with Crippen molar-refractivity contribution in [3.05, 3.63) is 119 Å². The van der Waals surface area contributed by atoms with Crippen molar-refractivity contribution in [1.29, 1.82) is 0 Å². The van der Waals surface area contributed by atoms with Crippen LogP contribution < -0.4 is 14.4 Å². The molecule has 0 N–H and O–H groups in total. The number of amides is 2. The lowest BCUT2D eigenvalue weighted by atomic mass is 10.1. The molecule has 0 unspecified atom stereocenters. The molecule has 0 aliphatic carbocycles. The van der Waals surface area contributed by atoms with Crippen LogP contribution in [0.25, 0.3) is 0 Å². The van der Waals surface area contributed by atoms with E-state index in [0.29, 0.717) is 0 Å². The van der Waals surface area contributed by atoms with Crippen molar-refractivity contribution in [3.8, 4) is 17.2 Å². The Labute approximate surface area is 273 Å². The minimum atomic E-state index is -0.972. The summed E-state index contributed by atoms with van der Waals surface area (Å²) in [6, 6.07) is 14.5. The van der Waals surface area contributed by atoms with Gasteiger partial charge in [-0.2, -0.15) is 0 Å². The quantitative estimate of drug-likeness (QED) is 0.0564. The van der Waals surface area contributed by atoms with E-state index in [2.05, 4.69) is 0 Å². The molecular weight excluding hydrogens is 674 g/mol. The Hall–Kier alpha value is -4.68. The lowest BCUT2D eigenvalue weighted by Crippen LogP contribution is -2.29. The van der Waals surface area contributed by atoms with Crippen LogP contribution in [0.1, 0.15) is 41.4 Å². The largest absolute Gasteiger partial charge is 0.496 e. The maximum Gasteiger partial charge on any atom is 0.342 e. The zero-order valence-electron chi connectivity index (χ0n) is 22.6. The van der Waals surface area contributed by atoms with Crippen molar-refractivity contribution < 1.29 is 38.3 Å². The molecular formula is C30H16Cl4N2O9. The third-order valence-electron chi connectivity index (χ3n) is 6.53. The Morgan fingerprint density at radius 3 is 2.04 bits per heavy atom. The van der Waals surface area contributed by atoms with E-state index in [9.17, 15) is 29.3 Å². The van der Waals surface area contributed by atoms with E-state index < -0.39 is 35.1 Å². The van der Waals surface area contributed by atoms with E-state index in [1.165, 1.54) is 67.8 Å². The van der Waals surface area contributed by atoms with Crippen LogP contribution >= 0.6 is 46.4 Å². The predicted octanol–water partition coefficient (Wildman–Crippen LogP) is 7.85. The van der Waals surface area contributed by atoms with Crippen molar-refractivity contribution in [2.75, 3.05) is 18.6 Å². The van der Waals surface area contributed by atoms with Crippen LogP contribution in [0.3, 0.4) is 0 Å². The number of ketones is 1. The Bertz CT molecular complexity index is 1890. The number of carbonyl (C=O) groups is 4. The number of nitro benzene ring substituents is 1. The van der Waals surface area contributed by atoms with Gasteiger partial charge in [0, 0.05) is 17.7 Å². The molecule has 0 spiro atoms. The van der Waals surface area contributed by atoms with Gasteiger partial charge in [-0.25, -0.2) is 9.69 Å². The number of hydrogen-bond acceptors (Lipinski definition) is 9. The topological polar surface area (TPSA) is 142 Å². The number of rotatable bonds is 9. The molecule has 0 bridgehead atoms. The third-order valence-corrected chi connectivity index (χ3v) is 7.85. The summed E-state index contributed by atoms with van der Waals surface area (Å²) in [6.07, 6.45) is 0. The van der Waals surface area contributed by atoms with E-state index in [-0.39, 0.29) is 71.0 Å². The van der Waals surface area contributed by atoms with Crippen LogP contribution in [0.4, 0.5) is 11.4 Å². The zero-order valence-corrected chi connectivity index (χ0v) is 25.7. The normalized spacial score (nSPS) is 12.2. The van der Waals surface area contributed by atoms with Crippen molar-refractivity contribution >= 4 is 81.3 Å². The summed E-state index contributed by atoms with van der Waals surface area (Å²) in [6.45, 7) is -0.669. The Morgan fingerprint density at radius 1 is 0.844 bits per heavy atom. The molecule has 1 aliphatic rings. The van der Waals surface area contributed by atoms with Crippen molar-refractivity contribution in [1.82, 2.24) is 0 Å². The molecule has 0 fully saturated rings. The van der Waals surface area contributed by atoms with E-state index >= 15 is 0 Å². The molecule has 15 heteroatoms. The molecule has 0 saturated heterocycles. The van der Waals surface area contributed by atoms with Crippen LogP contribution in [0.2, 0.25) is 20.1 Å². The lowest BCUT2D eigenvalue weighted by molar-refractivity contribution is -0.385. The second-order valence-electron chi connectivity index (χ2n) is 9.23. The number of halogens is 4. The number of hydrogen-bond donors (Lipinski definition) is 0. The molecule has 228 valence electrons. The first kappa shape index (κ1) is 31.7. The van der Waals surface area contributed by atoms with Crippen molar-refractivity contribution in [2.24, 2.45) is 0 Å². The SMILES string of the molecule is COc1cc(N2C(=O)c3cc(Cl)c(Cl)cc3C2=O)c(Cl)cc1C(=O)OCC(=O)c1ccc(Oc2c(Cl)cccc2[N+](=O)[O-])cc1. The van der Waals surface area contributed by atoms with Crippen LogP contribution in [0.15, 0.2) is 66.7 Å². The molecule has 5 rings (SSSR count). The number of anilines is 1. The first-order valence-electron chi connectivity index (χ1n) is 12.6. The van der Waals surface area contributed by atoms with Gasteiger partial charge in [0.25, 0.3) is 11.8 Å². The number of nitro groups is 1. The summed E-state index contributed by atoms with van der Waals surface area (Å²) < 4.78 is 16.0. The Morgan fingerprint density at radius 2 is 1.47 bits per heavy atom. The van der Waals surface area contributed by atoms with Gasteiger partial charge in [0.05, 0.1) is 48.9 Å². The number of benzene rings is 4. The summed E-state index contributed by atoms with van der Waals surface area (Å²) in [5.41, 5.74) is -0.380. The van der Waals surface area contributed by atoms with Gasteiger partial charge >= 0.3 is 11.7 Å². The molecule has 0 radical (unpaired) electrons. The summed E-state index contributed by atoms with van der Waals surface area (Å²) in [7, 11) is 1.25. The van der Waals surface area contributed by atoms with Gasteiger partial charge in [-0.15, -0.1) is 0 Å². The minimum Gasteiger partial charge on any atom is -0.496 e. The van der Waals surface area contributed by atoms with Crippen LogP contribution in [-0.2, 0) is 4.74 Å². The average molecular weight is 690 g/mol. The van der Waals surface area contributed by atoms with Crippen molar-refractivity contribution in [3.63, 3.8) is 0 Å². The Balaban J connectivity index is 1.29.